The van der Waals surface area contributed by atoms with Crippen molar-refractivity contribution in [2.45, 2.75) is 57.2 Å². The third kappa shape index (κ3) is 3.64. The van der Waals surface area contributed by atoms with Gasteiger partial charge in [-0.15, -0.1) is 11.8 Å². The molecule has 0 aromatic rings. The fourth-order valence-corrected chi connectivity index (χ4v) is 5.42. The minimum Gasteiger partial charge on any atom is -0.403 e. The fraction of sp³-hybridized carbons (Fsp3) is 1.00. The van der Waals surface area contributed by atoms with Crippen LogP contribution in [-0.4, -0.2) is 19.0 Å². The standard InChI is InChI=1S/C10H22OSSi/c1-5-12-10(8-6-7-9-10)11-13(2,3)4/h5-9H2,1-4H3. The highest BCUT2D eigenvalue weighted by Gasteiger charge is 2.38. The second-order valence-electron chi connectivity index (χ2n) is 4.77. The molecule has 0 saturated heterocycles. The van der Waals surface area contributed by atoms with Gasteiger partial charge in [0, 0.05) is 0 Å². The van der Waals surface area contributed by atoms with Crippen molar-refractivity contribution in [1.29, 1.82) is 0 Å². The first kappa shape index (κ1) is 11.6. The molecule has 0 amide bonds. The third-order valence-corrected chi connectivity index (χ3v) is 4.72. The number of thioether (sulfide) groups is 1. The van der Waals surface area contributed by atoms with E-state index in [0.717, 1.165) is 0 Å². The van der Waals surface area contributed by atoms with E-state index in [1.165, 1.54) is 31.4 Å². The second kappa shape index (κ2) is 4.37. The average Bonchev–Trinajstić information content (AvgIpc) is 2.33. The Bertz CT molecular complexity index is 159. The van der Waals surface area contributed by atoms with Gasteiger partial charge >= 0.3 is 0 Å². The van der Waals surface area contributed by atoms with E-state index in [2.05, 4.69) is 26.6 Å². The molecule has 0 spiro atoms. The quantitative estimate of drug-likeness (QED) is 0.523. The SMILES string of the molecule is CCSC1(O[Si](C)(C)C)CCCC1. The van der Waals surface area contributed by atoms with E-state index in [0.29, 0.717) is 0 Å². The molecule has 1 fully saturated rings. The van der Waals surface area contributed by atoms with Crippen molar-refractivity contribution in [3.63, 3.8) is 0 Å². The van der Waals surface area contributed by atoms with E-state index in [4.69, 9.17) is 4.43 Å². The van der Waals surface area contributed by atoms with Gasteiger partial charge in [-0.2, -0.15) is 0 Å². The summed E-state index contributed by atoms with van der Waals surface area (Å²) in [4.78, 5) is 0.208. The molecule has 0 aromatic heterocycles. The van der Waals surface area contributed by atoms with Gasteiger partial charge in [0.25, 0.3) is 0 Å². The number of hydrogen-bond donors (Lipinski definition) is 0. The van der Waals surface area contributed by atoms with E-state index < -0.39 is 8.32 Å². The molecule has 1 nitrogen and oxygen atoms in total. The molecule has 78 valence electrons. The minimum atomic E-state index is -1.35. The summed E-state index contributed by atoms with van der Waals surface area (Å²) >= 11 is 2.03. The van der Waals surface area contributed by atoms with Crippen molar-refractivity contribution < 1.29 is 4.43 Å². The number of hydrogen-bond acceptors (Lipinski definition) is 2. The van der Waals surface area contributed by atoms with Crippen LogP contribution in [0.5, 0.6) is 0 Å². The third-order valence-electron chi connectivity index (χ3n) is 2.26. The maximum Gasteiger partial charge on any atom is 0.185 e. The van der Waals surface area contributed by atoms with Gasteiger partial charge in [-0.25, -0.2) is 0 Å². The lowest BCUT2D eigenvalue weighted by molar-refractivity contribution is 0.166. The lowest BCUT2D eigenvalue weighted by Gasteiger charge is -2.35. The highest BCUT2D eigenvalue weighted by atomic mass is 32.2. The van der Waals surface area contributed by atoms with E-state index >= 15 is 0 Å². The lowest BCUT2D eigenvalue weighted by atomic mass is 10.3. The predicted octanol–water partition coefficient (Wildman–Crippen LogP) is 3.86. The summed E-state index contributed by atoms with van der Waals surface area (Å²) in [7, 11) is -1.35. The van der Waals surface area contributed by atoms with Crippen molar-refractivity contribution >= 4 is 20.1 Å². The molecule has 0 unspecified atom stereocenters. The summed E-state index contributed by atoms with van der Waals surface area (Å²) in [6.45, 7) is 9.12. The van der Waals surface area contributed by atoms with Crippen LogP contribution in [0.25, 0.3) is 0 Å². The molecule has 0 N–H and O–H groups in total. The largest absolute Gasteiger partial charge is 0.403 e. The summed E-state index contributed by atoms with van der Waals surface area (Å²) in [6.07, 6.45) is 5.26. The van der Waals surface area contributed by atoms with Gasteiger partial charge in [-0.05, 0) is 51.1 Å². The van der Waals surface area contributed by atoms with Gasteiger partial charge in [0.05, 0.1) is 0 Å². The first-order chi connectivity index (χ1) is 5.97. The van der Waals surface area contributed by atoms with Crippen LogP contribution in [0.2, 0.25) is 19.6 Å². The van der Waals surface area contributed by atoms with Crippen molar-refractivity contribution in [2.24, 2.45) is 0 Å². The molecule has 1 rings (SSSR count). The first-order valence-corrected chi connectivity index (χ1v) is 9.71. The molecular formula is C10H22OSSi. The van der Waals surface area contributed by atoms with Crippen LogP contribution in [0.15, 0.2) is 0 Å². The Morgan fingerprint density at radius 3 is 2.15 bits per heavy atom. The molecule has 1 saturated carbocycles. The van der Waals surface area contributed by atoms with Crippen molar-refractivity contribution in [3.8, 4) is 0 Å². The van der Waals surface area contributed by atoms with Gasteiger partial charge < -0.3 is 4.43 Å². The van der Waals surface area contributed by atoms with Crippen LogP contribution in [0.4, 0.5) is 0 Å². The average molecular weight is 218 g/mol. The molecule has 0 bridgehead atoms. The highest BCUT2D eigenvalue weighted by molar-refractivity contribution is 8.00. The Labute approximate surface area is 87.8 Å². The second-order valence-corrected chi connectivity index (χ2v) is 10.8. The molecule has 0 aliphatic heterocycles. The molecule has 0 radical (unpaired) electrons. The Balaban J connectivity index is 2.56. The minimum absolute atomic E-state index is 0.208. The fourth-order valence-electron chi connectivity index (χ4n) is 2.01. The summed E-state index contributed by atoms with van der Waals surface area (Å²) in [6, 6.07) is 0. The molecular weight excluding hydrogens is 196 g/mol. The maximum atomic E-state index is 6.33. The topological polar surface area (TPSA) is 9.23 Å². The van der Waals surface area contributed by atoms with Crippen LogP contribution in [0.1, 0.15) is 32.6 Å². The normalized spacial score (nSPS) is 22.2. The zero-order chi connectivity index (χ0) is 9.95. The van der Waals surface area contributed by atoms with E-state index in [1.807, 2.05) is 11.8 Å². The van der Waals surface area contributed by atoms with Crippen LogP contribution in [0.3, 0.4) is 0 Å². The van der Waals surface area contributed by atoms with Gasteiger partial charge in [-0.3, -0.25) is 0 Å². The molecule has 3 heteroatoms. The zero-order valence-corrected chi connectivity index (χ0v) is 11.2. The van der Waals surface area contributed by atoms with Crippen LogP contribution in [0, 0.1) is 0 Å². The maximum absolute atomic E-state index is 6.33. The van der Waals surface area contributed by atoms with Crippen LogP contribution in [-0.2, 0) is 4.43 Å². The Kier molecular flexibility index (Phi) is 3.90. The van der Waals surface area contributed by atoms with Crippen LogP contribution >= 0.6 is 11.8 Å². The smallest absolute Gasteiger partial charge is 0.185 e. The van der Waals surface area contributed by atoms with Crippen LogP contribution < -0.4 is 0 Å². The predicted molar refractivity (Wildman–Crippen MR) is 63.8 cm³/mol. The van der Waals surface area contributed by atoms with E-state index in [1.54, 1.807) is 0 Å². The molecule has 0 heterocycles. The molecule has 1 aliphatic rings. The molecule has 0 atom stereocenters. The van der Waals surface area contributed by atoms with Crippen molar-refractivity contribution in [1.82, 2.24) is 0 Å². The summed E-state index contributed by atoms with van der Waals surface area (Å²) in [5.74, 6) is 1.18. The van der Waals surface area contributed by atoms with E-state index in [-0.39, 0.29) is 4.93 Å². The first-order valence-electron chi connectivity index (χ1n) is 5.32. The number of rotatable bonds is 4. The molecule has 0 aromatic carbocycles. The summed E-state index contributed by atoms with van der Waals surface area (Å²) < 4.78 is 6.33. The Morgan fingerprint density at radius 1 is 1.23 bits per heavy atom. The Hall–Kier alpha value is 0.527. The van der Waals surface area contributed by atoms with Gasteiger partial charge in [-0.1, -0.05) is 6.92 Å². The molecule has 13 heavy (non-hydrogen) atoms. The van der Waals surface area contributed by atoms with Gasteiger partial charge in [0.2, 0.25) is 0 Å². The van der Waals surface area contributed by atoms with Gasteiger partial charge in [0.1, 0.15) is 4.93 Å². The monoisotopic (exact) mass is 218 g/mol. The van der Waals surface area contributed by atoms with Crippen molar-refractivity contribution in [2.75, 3.05) is 5.75 Å². The lowest BCUT2D eigenvalue weighted by Crippen LogP contribution is -2.38. The van der Waals surface area contributed by atoms with Crippen molar-refractivity contribution in [3.05, 3.63) is 0 Å². The molecule has 1 aliphatic carbocycles. The van der Waals surface area contributed by atoms with E-state index in [9.17, 15) is 0 Å². The highest BCUT2D eigenvalue weighted by Crippen LogP contribution is 2.44. The summed E-state index contributed by atoms with van der Waals surface area (Å²) in [5.41, 5.74) is 0. The zero-order valence-electron chi connectivity index (χ0n) is 9.35. The van der Waals surface area contributed by atoms with Gasteiger partial charge in [0.15, 0.2) is 8.32 Å². The Morgan fingerprint density at radius 2 is 1.77 bits per heavy atom. The summed E-state index contributed by atoms with van der Waals surface area (Å²) in [5, 5.41) is 0.